The molecule has 2 aromatic rings. The number of carbonyl (C=O) groups is 3. The van der Waals surface area contributed by atoms with Gasteiger partial charge in [-0.25, -0.2) is 4.79 Å². The molecule has 0 fully saturated rings. The second-order valence-electron chi connectivity index (χ2n) is 7.17. The lowest BCUT2D eigenvalue weighted by molar-refractivity contribution is -0.119. The molecule has 1 atom stereocenters. The van der Waals surface area contributed by atoms with Crippen LogP contribution in [-0.4, -0.2) is 34.2 Å². The van der Waals surface area contributed by atoms with Crippen molar-refractivity contribution < 1.29 is 19.1 Å². The number of anilines is 1. The Morgan fingerprint density at radius 1 is 1.07 bits per heavy atom. The number of ether oxygens (including phenoxy) is 1. The number of nitrogens with one attached hydrogen (secondary N) is 3. The van der Waals surface area contributed by atoms with Crippen molar-refractivity contribution in [3.63, 3.8) is 0 Å². The molecule has 1 aromatic heterocycles. The molecular weight excluding hydrogens is 360 g/mol. The summed E-state index contributed by atoms with van der Waals surface area (Å²) in [6.07, 6.45) is 1.24. The maximum Gasteiger partial charge on any atom is 0.408 e. The topological polar surface area (TPSA) is 101 Å². The van der Waals surface area contributed by atoms with Crippen LogP contribution in [0.5, 0.6) is 0 Å². The predicted molar refractivity (Wildman–Crippen MR) is 107 cm³/mol. The van der Waals surface area contributed by atoms with Gasteiger partial charge in [0.1, 0.15) is 17.3 Å². The van der Waals surface area contributed by atoms with E-state index < -0.39 is 23.6 Å². The molecule has 1 unspecified atom stereocenters. The highest BCUT2D eigenvalue weighted by Crippen LogP contribution is 2.10. The third-order valence-corrected chi connectivity index (χ3v) is 3.66. The molecule has 28 heavy (non-hydrogen) atoms. The molecule has 3 N–H and O–H groups in total. The highest BCUT2D eigenvalue weighted by molar-refractivity contribution is 6.04. The van der Waals surface area contributed by atoms with Gasteiger partial charge in [-0.3, -0.25) is 19.7 Å². The average molecular weight is 386 g/mol. The molecule has 1 aromatic carbocycles. The molecule has 0 aliphatic rings. The highest BCUT2D eigenvalue weighted by Gasteiger charge is 2.24. The number of carbonyl (C=O) groups excluding carboxylic acids is 3. The molecule has 3 amide bonds. The van der Waals surface area contributed by atoms with E-state index in [0.717, 1.165) is 0 Å². The smallest absolute Gasteiger partial charge is 0.408 e. The van der Waals surface area contributed by atoms with Crippen LogP contribution >= 0.6 is 0 Å². The second-order valence-corrected chi connectivity index (χ2v) is 7.17. The lowest BCUT2D eigenvalue weighted by Gasteiger charge is -2.23. The van der Waals surface area contributed by atoms with Crippen molar-refractivity contribution >= 4 is 23.6 Å². The molecule has 2 rings (SSSR count). The van der Waals surface area contributed by atoms with Gasteiger partial charge in [-0.1, -0.05) is 25.1 Å². The van der Waals surface area contributed by atoms with Gasteiger partial charge in [-0.15, -0.1) is 0 Å². The van der Waals surface area contributed by atoms with Crippen LogP contribution in [0.3, 0.4) is 0 Å². The van der Waals surface area contributed by atoms with Crippen molar-refractivity contribution in [2.24, 2.45) is 0 Å². The summed E-state index contributed by atoms with van der Waals surface area (Å²) >= 11 is 0. The average Bonchev–Trinajstić information content (AvgIpc) is 3.07. The molecule has 150 valence electrons. The molecule has 0 spiro atoms. The van der Waals surface area contributed by atoms with Gasteiger partial charge in [0.05, 0.1) is 0 Å². The first-order valence-electron chi connectivity index (χ1n) is 9.03. The van der Waals surface area contributed by atoms with E-state index in [4.69, 9.17) is 4.74 Å². The molecule has 0 saturated heterocycles. The van der Waals surface area contributed by atoms with Crippen molar-refractivity contribution in [3.8, 4) is 0 Å². The summed E-state index contributed by atoms with van der Waals surface area (Å²) in [4.78, 5) is 36.9. The highest BCUT2D eigenvalue weighted by atomic mass is 16.6. The summed E-state index contributed by atoms with van der Waals surface area (Å²) < 4.78 is 6.50. The number of aromatic nitrogens is 1. The molecular formula is C20H26N4O4. The summed E-state index contributed by atoms with van der Waals surface area (Å²) in [5.41, 5.74) is 2.86. The first-order chi connectivity index (χ1) is 13.2. The number of hydrogen-bond acceptors (Lipinski definition) is 4. The summed E-state index contributed by atoms with van der Waals surface area (Å²) in [5.74, 6) is -0.831. The first-order valence-corrected chi connectivity index (χ1v) is 9.03. The molecule has 0 saturated carbocycles. The third kappa shape index (κ3) is 6.15. The molecule has 0 radical (unpaired) electrons. The lowest BCUT2D eigenvalue weighted by atomic mass is 10.2. The van der Waals surface area contributed by atoms with Gasteiger partial charge in [-0.05, 0) is 51.5 Å². The quantitative estimate of drug-likeness (QED) is 0.710. The summed E-state index contributed by atoms with van der Waals surface area (Å²) in [7, 11) is 0. The van der Waals surface area contributed by atoms with E-state index in [-0.39, 0.29) is 11.6 Å². The van der Waals surface area contributed by atoms with Crippen LogP contribution in [0.15, 0.2) is 48.7 Å². The Hall–Kier alpha value is -3.29. The van der Waals surface area contributed by atoms with Crippen LogP contribution in [-0.2, 0) is 9.53 Å². The van der Waals surface area contributed by atoms with Gasteiger partial charge < -0.3 is 15.4 Å². The van der Waals surface area contributed by atoms with Crippen LogP contribution in [0.2, 0.25) is 0 Å². The van der Waals surface area contributed by atoms with Gasteiger partial charge in [0.15, 0.2) is 0 Å². The molecule has 0 aliphatic heterocycles. The van der Waals surface area contributed by atoms with E-state index in [1.165, 1.54) is 4.68 Å². The van der Waals surface area contributed by atoms with Gasteiger partial charge in [0.25, 0.3) is 11.8 Å². The fourth-order valence-corrected chi connectivity index (χ4v) is 2.38. The monoisotopic (exact) mass is 386 g/mol. The van der Waals surface area contributed by atoms with Gasteiger partial charge >= 0.3 is 6.09 Å². The van der Waals surface area contributed by atoms with Crippen LogP contribution in [0, 0.1) is 0 Å². The first kappa shape index (κ1) is 21.0. The Kier molecular flexibility index (Phi) is 6.81. The molecule has 8 nitrogen and oxygen atoms in total. The number of amides is 3. The zero-order valence-corrected chi connectivity index (χ0v) is 16.5. The van der Waals surface area contributed by atoms with E-state index >= 15 is 0 Å². The second kappa shape index (κ2) is 9.07. The van der Waals surface area contributed by atoms with Crippen molar-refractivity contribution in [1.29, 1.82) is 0 Å². The zero-order valence-electron chi connectivity index (χ0n) is 16.5. The van der Waals surface area contributed by atoms with E-state index in [2.05, 4.69) is 16.1 Å². The van der Waals surface area contributed by atoms with Crippen molar-refractivity contribution in [2.75, 3.05) is 10.7 Å². The predicted octanol–water partition coefficient (Wildman–Crippen LogP) is 3.11. The Bertz CT molecular complexity index is 824. The van der Waals surface area contributed by atoms with E-state index in [1.807, 2.05) is 18.2 Å². The normalized spacial score (nSPS) is 12.0. The van der Waals surface area contributed by atoms with Crippen molar-refractivity contribution in [2.45, 2.75) is 45.8 Å². The largest absolute Gasteiger partial charge is 0.444 e. The van der Waals surface area contributed by atoms with Crippen molar-refractivity contribution in [1.82, 2.24) is 9.99 Å². The third-order valence-electron chi connectivity index (χ3n) is 3.66. The molecule has 0 aliphatic carbocycles. The van der Waals surface area contributed by atoms with Gasteiger partial charge in [-0.2, -0.15) is 0 Å². The number of nitrogens with zero attached hydrogens (tertiary/aromatic N) is 1. The minimum absolute atomic E-state index is 0.254. The van der Waals surface area contributed by atoms with Gasteiger partial charge in [0.2, 0.25) is 0 Å². The van der Waals surface area contributed by atoms with Crippen molar-refractivity contribution in [3.05, 3.63) is 54.4 Å². The van der Waals surface area contributed by atoms with Crippen LogP contribution in [0.1, 0.15) is 44.6 Å². The summed E-state index contributed by atoms with van der Waals surface area (Å²) in [5, 5.41) is 5.30. The summed E-state index contributed by atoms with van der Waals surface area (Å²) in [6, 6.07) is 11.4. The number of rotatable bonds is 6. The molecule has 8 heteroatoms. The number of para-hydroxylation sites is 1. The van der Waals surface area contributed by atoms with E-state index in [1.54, 1.807) is 58.2 Å². The fourth-order valence-electron chi connectivity index (χ4n) is 2.38. The molecule has 1 heterocycles. The Labute approximate surface area is 164 Å². The van der Waals surface area contributed by atoms with Crippen LogP contribution < -0.4 is 16.1 Å². The Morgan fingerprint density at radius 3 is 2.36 bits per heavy atom. The minimum atomic E-state index is -0.803. The minimum Gasteiger partial charge on any atom is -0.444 e. The van der Waals surface area contributed by atoms with Gasteiger partial charge in [0, 0.05) is 11.9 Å². The zero-order chi connectivity index (χ0) is 20.7. The fraction of sp³-hybridized carbons (Fsp3) is 0.350. The maximum atomic E-state index is 12.5. The number of hydrogen-bond donors (Lipinski definition) is 3. The maximum absolute atomic E-state index is 12.5. The summed E-state index contributed by atoms with van der Waals surface area (Å²) in [6.45, 7) is 6.99. The van der Waals surface area contributed by atoms with E-state index in [9.17, 15) is 14.4 Å². The SMILES string of the molecule is CCC(NC(=O)OC(C)(C)C)C(=O)Nn1cccc1C(=O)Nc1ccccc1. The lowest BCUT2D eigenvalue weighted by Crippen LogP contribution is -2.47. The standard InChI is InChI=1S/C20H26N4O4/c1-5-15(22-19(27)28-20(2,3)4)17(25)23-24-13-9-12-16(24)18(26)21-14-10-7-6-8-11-14/h6-13,15H,5H2,1-4H3,(H,21,26)(H,22,27)(H,23,25). The number of alkyl carbamates (subject to hydrolysis) is 1. The van der Waals surface area contributed by atoms with E-state index in [0.29, 0.717) is 12.1 Å². The Balaban J connectivity index is 2.02. The van der Waals surface area contributed by atoms with Crippen LogP contribution in [0.25, 0.3) is 0 Å². The molecule has 0 bridgehead atoms. The Morgan fingerprint density at radius 2 is 1.75 bits per heavy atom. The van der Waals surface area contributed by atoms with Crippen LogP contribution in [0.4, 0.5) is 10.5 Å². The number of benzene rings is 1.